The Hall–Kier alpha value is -3.32. The van der Waals surface area contributed by atoms with Crippen LogP contribution in [0.5, 0.6) is 11.5 Å². The number of amides is 1. The largest absolute Gasteiger partial charge is 0.496 e. The maximum absolute atomic E-state index is 12.3. The lowest BCUT2D eigenvalue weighted by Gasteiger charge is -2.12. The molecule has 0 aliphatic carbocycles. The van der Waals surface area contributed by atoms with Crippen molar-refractivity contribution >= 4 is 15.7 Å². The number of hydrogen-bond donors (Lipinski definition) is 1. The van der Waals surface area contributed by atoms with Crippen molar-refractivity contribution in [3.63, 3.8) is 0 Å². The first-order valence-electron chi connectivity index (χ1n) is 10.8. The molecule has 1 heterocycles. The van der Waals surface area contributed by atoms with Crippen LogP contribution in [-0.4, -0.2) is 40.3 Å². The Balaban J connectivity index is 1.32. The van der Waals surface area contributed by atoms with Gasteiger partial charge in [0.1, 0.15) is 17.6 Å². The van der Waals surface area contributed by atoms with E-state index in [9.17, 15) is 13.2 Å². The topological polar surface area (TPSA) is 81.7 Å². The predicted octanol–water partition coefficient (Wildman–Crippen LogP) is 3.82. The predicted molar refractivity (Wildman–Crippen MR) is 127 cm³/mol. The van der Waals surface area contributed by atoms with Crippen molar-refractivity contribution in [1.82, 2.24) is 5.32 Å². The highest BCUT2D eigenvalue weighted by Gasteiger charge is 2.24. The Morgan fingerprint density at radius 1 is 1.06 bits per heavy atom. The molecule has 1 aliphatic heterocycles. The van der Waals surface area contributed by atoms with Crippen LogP contribution in [0.4, 0.5) is 0 Å². The lowest BCUT2D eigenvalue weighted by Crippen LogP contribution is -2.34. The van der Waals surface area contributed by atoms with Crippen LogP contribution >= 0.6 is 0 Å². The Morgan fingerprint density at radius 2 is 1.79 bits per heavy atom. The summed E-state index contributed by atoms with van der Waals surface area (Å²) >= 11 is 0. The summed E-state index contributed by atoms with van der Waals surface area (Å²) in [5, 5.41) is 2.97. The van der Waals surface area contributed by atoms with E-state index < -0.39 is 9.84 Å². The molecule has 1 N–H and O–H groups in total. The fourth-order valence-electron chi connectivity index (χ4n) is 3.98. The highest BCUT2D eigenvalue weighted by molar-refractivity contribution is 7.90. The summed E-state index contributed by atoms with van der Waals surface area (Å²) in [5.74, 6) is 1.59. The van der Waals surface area contributed by atoms with Crippen LogP contribution in [0.15, 0.2) is 71.6 Å². The summed E-state index contributed by atoms with van der Waals surface area (Å²) in [6, 6.07) is 20.5. The summed E-state index contributed by atoms with van der Waals surface area (Å²) in [7, 11) is -1.59. The average molecular weight is 466 g/mol. The first kappa shape index (κ1) is 22.9. The van der Waals surface area contributed by atoms with Crippen LogP contribution in [0.2, 0.25) is 0 Å². The number of hydrogen-bond acceptors (Lipinski definition) is 5. The number of nitrogens with one attached hydrogen (secondary N) is 1. The Labute approximate surface area is 194 Å². The van der Waals surface area contributed by atoms with Crippen LogP contribution < -0.4 is 14.8 Å². The third kappa shape index (κ3) is 5.54. The molecule has 6 nitrogen and oxygen atoms in total. The minimum atomic E-state index is -3.22. The first-order valence-corrected chi connectivity index (χ1v) is 12.7. The molecule has 0 saturated carbocycles. The molecule has 0 saturated heterocycles. The molecule has 0 fully saturated rings. The lowest BCUT2D eigenvalue weighted by atomic mass is 10.0. The van der Waals surface area contributed by atoms with Crippen molar-refractivity contribution in [2.24, 2.45) is 0 Å². The number of sulfone groups is 1. The van der Waals surface area contributed by atoms with E-state index in [1.54, 1.807) is 19.2 Å². The lowest BCUT2D eigenvalue weighted by molar-refractivity contribution is -0.121. The molecule has 3 aromatic rings. The van der Waals surface area contributed by atoms with Crippen molar-refractivity contribution in [3.8, 4) is 22.6 Å². The fraction of sp³-hybridized carbons (Fsp3) is 0.269. The smallest absolute Gasteiger partial charge is 0.220 e. The molecule has 1 amide bonds. The number of aryl methyl sites for hydroxylation is 1. The van der Waals surface area contributed by atoms with E-state index in [1.807, 2.05) is 48.5 Å². The van der Waals surface area contributed by atoms with Gasteiger partial charge in [0.05, 0.1) is 18.6 Å². The summed E-state index contributed by atoms with van der Waals surface area (Å²) < 4.78 is 34.7. The fourth-order valence-corrected chi connectivity index (χ4v) is 4.61. The van der Waals surface area contributed by atoms with E-state index in [1.165, 1.54) is 6.26 Å². The van der Waals surface area contributed by atoms with E-state index in [4.69, 9.17) is 9.47 Å². The number of para-hydroxylation sites is 1. The minimum Gasteiger partial charge on any atom is -0.496 e. The van der Waals surface area contributed by atoms with Gasteiger partial charge >= 0.3 is 0 Å². The Morgan fingerprint density at radius 3 is 2.52 bits per heavy atom. The van der Waals surface area contributed by atoms with E-state index in [0.717, 1.165) is 33.8 Å². The van der Waals surface area contributed by atoms with Gasteiger partial charge in [0, 0.05) is 19.1 Å². The van der Waals surface area contributed by atoms with Gasteiger partial charge in [0.15, 0.2) is 9.84 Å². The van der Waals surface area contributed by atoms with Crippen molar-refractivity contribution < 1.29 is 22.7 Å². The molecular weight excluding hydrogens is 438 g/mol. The molecular formula is C26H27NO5S. The van der Waals surface area contributed by atoms with Gasteiger partial charge in [-0.15, -0.1) is 0 Å². The molecule has 0 bridgehead atoms. The monoisotopic (exact) mass is 465 g/mol. The zero-order valence-corrected chi connectivity index (χ0v) is 19.5. The van der Waals surface area contributed by atoms with Crippen LogP contribution in [0, 0.1) is 0 Å². The number of rotatable bonds is 8. The Bertz CT molecular complexity index is 1250. The molecule has 0 aromatic heterocycles. The van der Waals surface area contributed by atoms with Gasteiger partial charge < -0.3 is 14.8 Å². The second-order valence-corrected chi connectivity index (χ2v) is 10.2. The first-order chi connectivity index (χ1) is 15.8. The molecule has 1 atom stereocenters. The van der Waals surface area contributed by atoms with Crippen LogP contribution in [0.1, 0.15) is 17.5 Å². The number of fused-ring (bicyclic) bond motifs is 1. The average Bonchev–Trinajstić information content (AvgIpc) is 3.23. The zero-order valence-electron chi connectivity index (χ0n) is 18.7. The molecule has 0 spiro atoms. The normalized spacial score (nSPS) is 14.9. The highest BCUT2D eigenvalue weighted by Crippen LogP contribution is 2.33. The summed E-state index contributed by atoms with van der Waals surface area (Å²) in [6.07, 6.45) is 2.79. The van der Waals surface area contributed by atoms with E-state index in [-0.39, 0.29) is 12.0 Å². The van der Waals surface area contributed by atoms with Gasteiger partial charge in [-0.25, -0.2) is 8.42 Å². The molecule has 3 aromatic carbocycles. The zero-order chi connectivity index (χ0) is 23.4. The molecule has 4 rings (SSSR count). The summed E-state index contributed by atoms with van der Waals surface area (Å²) in [5.41, 5.74) is 4.03. The SMILES string of the molecule is COc1ccccc1CCC(=O)NCC1Cc2cc(-c3ccc(S(C)(=O)=O)cc3)ccc2O1. The van der Waals surface area contributed by atoms with Crippen molar-refractivity contribution in [1.29, 1.82) is 0 Å². The van der Waals surface area contributed by atoms with Crippen molar-refractivity contribution in [3.05, 3.63) is 77.9 Å². The second kappa shape index (κ2) is 9.67. The summed E-state index contributed by atoms with van der Waals surface area (Å²) in [4.78, 5) is 12.6. The van der Waals surface area contributed by atoms with Crippen LogP contribution in [0.25, 0.3) is 11.1 Å². The maximum atomic E-state index is 12.3. The van der Waals surface area contributed by atoms with Crippen molar-refractivity contribution in [2.75, 3.05) is 19.9 Å². The maximum Gasteiger partial charge on any atom is 0.220 e. The Kier molecular flexibility index (Phi) is 6.70. The van der Waals surface area contributed by atoms with Crippen LogP contribution in [0.3, 0.4) is 0 Å². The van der Waals surface area contributed by atoms with E-state index >= 15 is 0 Å². The number of carbonyl (C=O) groups is 1. The van der Waals surface area contributed by atoms with Gasteiger partial charge in [-0.1, -0.05) is 36.4 Å². The van der Waals surface area contributed by atoms with E-state index in [2.05, 4.69) is 11.4 Å². The van der Waals surface area contributed by atoms with E-state index in [0.29, 0.717) is 30.7 Å². The molecule has 1 unspecified atom stereocenters. The molecule has 33 heavy (non-hydrogen) atoms. The van der Waals surface area contributed by atoms with Gasteiger partial charge in [0.25, 0.3) is 0 Å². The minimum absolute atomic E-state index is 0.0212. The molecule has 0 radical (unpaired) electrons. The number of methoxy groups -OCH3 is 1. The third-order valence-corrected chi connectivity index (χ3v) is 6.89. The quantitative estimate of drug-likeness (QED) is 0.547. The molecule has 7 heteroatoms. The summed E-state index contributed by atoms with van der Waals surface area (Å²) in [6.45, 7) is 0.442. The highest BCUT2D eigenvalue weighted by atomic mass is 32.2. The van der Waals surface area contributed by atoms with Crippen LogP contribution in [-0.2, 0) is 27.5 Å². The van der Waals surface area contributed by atoms with Gasteiger partial charge in [-0.05, 0) is 59.0 Å². The molecule has 172 valence electrons. The third-order valence-electron chi connectivity index (χ3n) is 5.76. The number of benzene rings is 3. The second-order valence-electron chi connectivity index (χ2n) is 8.18. The van der Waals surface area contributed by atoms with Gasteiger partial charge in [0.2, 0.25) is 5.91 Å². The van der Waals surface area contributed by atoms with Gasteiger partial charge in [-0.2, -0.15) is 0 Å². The number of ether oxygens (including phenoxy) is 2. The molecule has 1 aliphatic rings. The van der Waals surface area contributed by atoms with Crippen molar-refractivity contribution in [2.45, 2.75) is 30.3 Å². The standard InChI is InChI=1S/C26H27NO5S/c1-31-24-6-4-3-5-19(24)10-14-26(28)27-17-22-16-21-15-20(9-13-25(21)32-22)18-7-11-23(12-8-18)33(2,29)30/h3-9,11-13,15,22H,10,14,16-17H2,1-2H3,(H,27,28). The number of carbonyl (C=O) groups excluding carboxylic acids is 1. The van der Waals surface area contributed by atoms with Gasteiger partial charge in [-0.3, -0.25) is 4.79 Å².